The Morgan fingerprint density at radius 2 is 2.05 bits per heavy atom. The topological polar surface area (TPSA) is 38.3 Å². The van der Waals surface area contributed by atoms with E-state index in [4.69, 9.17) is 4.74 Å². The van der Waals surface area contributed by atoms with Crippen molar-refractivity contribution in [1.82, 2.24) is 0 Å². The molecule has 0 spiro atoms. The lowest BCUT2D eigenvalue weighted by molar-refractivity contribution is 0.0636. The Bertz CT molecular complexity index is 467. The lowest BCUT2D eigenvalue weighted by Gasteiger charge is -2.19. The van der Waals surface area contributed by atoms with Gasteiger partial charge in [0.15, 0.2) is 0 Å². The molecule has 0 saturated heterocycles. The van der Waals surface area contributed by atoms with E-state index in [1.807, 2.05) is 32.1 Å². The second kappa shape index (κ2) is 5.16. The van der Waals surface area contributed by atoms with Crippen molar-refractivity contribution in [3.8, 4) is 0 Å². The molecule has 2 rings (SSSR count). The SMILES string of the molecule is CC(C)c1cc(NC(=O)OC(C)(C)C)c(C2CC2)s1. The molecule has 4 heteroatoms. The standard InChI is InChI=1S/C15H23NO2S/c1-9(2)12-8-11(13(19-12)10-6-7-10)16-14(17)18-15(3,4)5/h8-10H,6-7H2,1-5H3,(H,16,17). The van der Waals surface area contributed by atoms with Gasteiger partial charge in [0, 0.05) is 9.75 Å². The maximum Gasteiger partial charge on any atom is 0.412 e. The Labute approximate surface area is 119 Å². The number of carbonyl (C=O) groups excluding carboxylic acids is 1. The predicted molar refractivity (Wildman–Crippen MR) is 80.2 cm³/mol. The quantitative estimate of drug-likeness (QED) is 0.837. The fourth-order valence-corrected chi connectivity index (χ4v) is 3.16. The molecule has 1 N–H and O–H groups in total. The van der Waals surface area contributed by atoms with Crippen molar-refractivity contribution in [2.45, 2.75) is 64.9 Å². The third-order valence-electron chi connectivity index (χ3n) is 2.93. The lowest BCUT2D eigenvalue weighted by atomic mass is 10.1. The fourth-order valence-electron chi connectivity index (χ4n) is 1.87. The summed E-state index contributed by atoms with van der Waals surface area (Å²) in [5.74, 6) is 1.14. The molecule has 0 aromatic carbocycles. The summed E-state index contributed by atoms with van der Waals surface area (Å²) in [5.41, 5.74) is 0.492. The van der Waals surface area contributed by atoms with Gasteiger partial charge in [0.25, 0.3) is 0 Å². The summed E-state index contributed by atoms with van der Waals surface area (Å²) in [4.78, 5) is 14.5. The Kier molecular flexibility index (Phi) is 3.90. The molecule has 1 saturated carbocycles. The van der Waals surface area contributed by atoms with Crippen molar-refractivity contribution in [2.75, 3.05) is 5.32 Å². The third-order valence-corrected chi connectivity index (χ3v) is 4.53. The Morgan fingerprint density at radius 1 is 1.42 bits per heavy atom. The molecule has 1 aromatic rings. The average molecular weight is 281 g/mol. The minimum absolute atomic E-state index is 0.359. The highest BCUT2D eigenvalue weighted by molar-refractivity contribution is 7.12. The van der Waals surface area contributed by atoms with Crippen LogP contribution < -0.4 is 5.32 Å². The van der Waals surface area contributed by atoms with E-state index in [0.717, 1.165) is 5.69 Å². The molecule has 1 aliphatic rings. The molecule has 3 nitrogen and oxygen atoms in total. The Hall–Kier alpha value is -1.03. The van der Waals surface area contributed by atoms with Gasteiger partial charge in [0.05, 0.1) is 5.69 Å². The zero-order chi connectivity index (χ0) is 14.2. The summed E-state index contributed by atoms with van der Waals surface area (Å²) in [6.07, 6.45) is 2.12. The van der Waals surface area contributed by atoms with Gasteiger partial charge in [0.1, 0.15) is 5.60 Å². The Balaban J connectivity index is 2.12. The van der Waals surface area contributed by atoms with Crippen LogP contribution in [0, 0.1) is 0 Å². The van der Waals surface area contributed by atoms with E-state index < -0.39 is 5.60 Å². The fraction of sp³-hybridized carbons (Fsp3) is 0.667. The van der Waals surface area contributed by atoms with Crippen LogP contribution in [0.4, 0.5) is 10.5 Å². The number of hydrogen-bond donors (Lipinski definition) is 1. The van der Waals surface area contributed by atoms with E-state index in [1.54, 1.807) is 0 Å². The molecule has 0 radical (unpaired) electrons. The van der Waals surface area contributed by atoms with Crippen LogP contribution in [-0.2, 0) is 4.74 Å². The molecule has 1 aliphatic carbocycles. The number of ether oxygens (including phenoxy) is 1. The molecule has 1 heterocycles. The predicted octanol–water partition coefficient (Wildman–Crippen LogP) is 5.10. The minimum atomic E-state index is -0.458. The second-order valence-electron chi connectivity index (χ2n) is 6.48. The summed E-state index contributed by atoms with van der Waals surface area (Å²) >= 11 is 1.83. The van der Waals surface area contributed by atoms with Crippen molar-refractivity contribution in [2.24, 2.45) is 0 Å². The summed E-state index contributed by atoms with van der Waals surface area (Å²) in [6.45, 7) is 9.99. The number of anilines is 1. The van der Waals surface area contributed by atoms with Gasteiger partial charge in [-0.25, -0.2) is 4.79 Å². The van der Waals surface area contributed by atoms with Crippen LogP contribution in [0.3, 0.4) is 0 Å². The average Bonchev–Trinajstić information content (AvgIpc) is 2.98. The first-order valence-corrected chi connectivity index (χ1v) is 7.71. The van der Waals surface area contributed by atoms with Crippen LogP contribution >= 0.6 is 11.3 Å². The third kappa shape index (κ3) is 3.96. The molecular formula is C15H23NO2S. The first-order chi connectivity index (χ1) is 8.76. The highest BCUT2D eigenvalue weighted by Crippen LogP contribution is 2.48. The molecule has 1 amide bonds. The summed E-state index contributed by atoms with van der Waals surface area (Å²) in [7, 11) is 0. The van der Waals surface area contributed by atoms with Gasteiger partial charge < -0.3 is 4.74 Å². The van der Waals surface area contributed by atoms with Gasteiger partial charge in [-0.2, -0.15) is 0 Å². The van der Waals surface area contributed by atoms with Crippen LogP contribution in [0.2, 0.25) is 0 Å². The molecule has 1 fully saturated rings. The number of carbonyl (C=O) groups is 1. The van der Waals surface area contributed by atoms with Gasteiger partial charge in [-0.15, -0.1) is 11.3 Å². The second-order valence-corrected chi connectivity index (χ2v) is 7.60. The maximum absolute atomic E-state index is 11.9. The number of amides is 1. The van der Waals surface area contributed by atoms with E-state index in [9.17, 15) is 4.79 Å². The van der Waals surface area contributed by atoms with Crippen LogP contribution in [0.1, 0.15) is 69.1 Å². The molecule has 106 valence electrons. The molecule has 0 unspecified atom stereocenters. The lowest BCUT2D eigenvalue weighted by Crippen LogP contribution is -2.27. The summed E-state index contributed by atoms with van der Waals surface area (Å²) < 4.78 is 5.32. The van der Waals surface area contributed by atoms with Crippen LogP contribution in [0.25, 0.3) is 0 Å². The van der Waals surface area contributed by atoms with Gasteiger partial charge in [-0.1, -0.05) is 13.8 Å². The molecule has 19 heavy (non-hydrogen) atoms. The van der Waals surface area contributed by atoms with Crippen molar-refractivity contribution in [3.63, 3.8) is 0 Å². The molecule has 1 aromatic heterocycles. The van der Waals surface area contributed by atoms with Crippen molar-refractivity contribution in [3.05, 3.63) is 15.8 Å². The van der Waals surface area contributed by atoms with Gasteiger partial charge in [0.2, 0.25) is 0 Å². The van der Waals surface area contributed by atoms with Crippen molar-refractivity contribution in [1.29, 1.82) is 0 Å². The van der Waals surface area contributed by atoms with Gasteiger partial charge in [-0.3, -0.25) is 5.32 Å². The largest absolute Gasteiger partial charge is 0.444 e. The smallest absolute Gasteiger partial charge is 0.412 e. The van der Waals surface area contributed by atoms with E-state index in [-0.39, 0.29) is 6.09 Å². The molecular weight excluding hydrogens is 258 g/mol. The number of nitrogens with one attached hydrogen (secondary N) is 1. The highest BCUT2D eigenvalue weighted by Gasteiger charge is 2.30. The first kappa shape index (κ1) is 14.4. The van der Waals surface area contributed by atoms with E-state index in [2.05, 4.69) is 25.2 Å². The molecule has 0 bridgehead atoms. The van der Waals surface area contributed by atoms with Crippen LogP contribution in [0.15, 0.2) is 6.07 Å². The summed E-state index contributed by atoms with van der Waals surface area (Å²) in [5, 5.41) is 2.91. The van der Waals surface area contributed by atoms with E-state index in [1.165, 1.54) is 22.6 Å². The highest BCUT2D eigenvalue weighted by atomic mass is 32.1. The van der Waals surface area contributed by atoms with Gasteiger partial charge in [-0.05, 0) is 51.5 Å². The zero-order valence-electron chi connectivity index (χ0n) is 12.4. The number of thiophene rings is 1. The minimum Gasteiger partial charge on any atom is -0.444 e. The monoisotopic (exact) mass is 281 g/mol. The van der Waals surface area contributed by atoms with Crippen molar-refractivity contribution >= 4 is 23.1 Å². The van der Waals surface area contributed by atoms with Crippen molar-refractivity contribution < 1.29 is 9.53 Å². The van der Waals surface area contributed by atoms with Gasteiger partial charge >= 0.3 is 6.09 Å². The zero-order valence-corrected chi connectivity index (χ0v) is 13.2. The normalized spacial score (nSPS) is 15.7. The van der Waals surface area contributed by atoms with Crippen LogP contribution in [-0.4, -0.2) is 11.7 Å². The van der Waals surface area contributed by atoms with E-state index in [0.29, 0.717) is 11.8 Å². The molecule has 0 atom stereocenters. The number of hydrogen-bond acceptors (Lipinski definition) is 3. The van der Waals surface area contributed by atoms with E-state index >= 15 is 0 Å². The number of rotatable bonds is 3. The summed E-state index contributed by atoms with van der Waals surface area (Å²) in [6, 6.07) is 2.10. The Morgan fingerprint density at radius 3 is 2.53 bits per heavy atom. The first-order valence-electron chi connectivity index (χ1n) is 6.90. The maximum atomic E-state index is 11.9. The van der Waals surface area contributed by atoms with Crippen LogP contribution in [0.5, 0.6) is 0 Å². The molecule has 0 aliphatic heterocycles.